The fraction of sp³-hybridized carbons (Fsp3) is 0.312. The first-order valence-corrected chi connectivity index (χ1v) is 7.07. The molecule has 1 aliphatic heterocycles. The zero-order chi connectivity index (χ0) is 13.8. The molecule has 3 rings (SSSR count). The minimum Gasteiger partial charge on any atom is -0.368 e. The molecule has 1 aromatic carbocycles. The average molecular weight is 268 g/mol. The van der Waals surface area contributed by atoms with E-state index < -0.39 is 0 Å². The second-order valence-electron chi connectivity index (χ2n) is 5.02. The molecule has 0 radical (unpaired) electrons. The lowest BCUT2D eigenvalue weighted by Gasteiger charge is -2.37. The molecule has 2 N–H and O–H groups in total. The molecular weight excluding hydrogens is 248 g/mol. The number of anilines is 2. The van der Waals surface area contributed by atoms with Gasteiger partial charge in [-0.2, -0.15) is 0 Å². The smallest absolute Gasteiger partial charge is 0.0554 e. The molecule has 0 saturated carbocycles. The number of rotatable bonds is 3. The van der Waals surface area contributed by atoms with E-state index in [4.69, 9.17) is 5.73 Å². The Hall–Kier alpha value is -2.07. The van der Waals surface area contributed by atoms with E-state index in [0.29, 0.717) is 6.54 Å². The van der Waals surface area contributed by atoms with Gasteiger partial charge in [0, 0.05) is 38.4 Å². The van der Waals surface area contributed by atoms with Crippen molar-refractivity contribution in [1.29, 1.82) is 0 Å². The van der Waals surface area contributed by atoms with Gasteiger partial charge in [-0.25, -0.2) is 0 Å². The van der Waals surface area contributed by atoms with E-state index in [1.165, 1.54) is 11.4 Å². The average Bonchev–Trinajstić information content (AvgIpc) is 2.56. The summed E-state index contributed by atoms with van der Waals surface area (Å²) in [6, 6.07) is 14.7. The second kappa shape index (κ2) is 5.92. The molecule has 20 heavy (non-hydrogen) atoms. The summed E-state index contributed by atoms with van der Waals surface area (Å²) in [5.74, 6) is 0. The van der Waals surface area contributed by atoms with Crippen LogP contribution in [-0.4, -0.2) is 31.2 Å². The molecule has 0 aliphatic carbocycles. The summed E-state index contributed by atoms with van der Waals surface area (Å²) < 4.78 is 0. The number of hydrogen-bond acceptors (Lipinski definition) is 4. The maximum absolute atomic E-state index is 5.58. The standard InChI is InChI=1S/C16H20N4/c17-12-14-6-7-16(13-18-14)20-10-8-19(9-11-20)15-4-2-1-3-5-15/h1-7,13H,8-12,17H2. The minimum absolute atomic E-state index is 0.502. The van der Waals surface area contributed by atoms with Gasteiger partial charge in [-0.1, -0.05) is 18.2 Å². The maximum atomic E-state index is 5.58. The van der Waals surface area contributed by atoms with Gasteiger partial charge >= 0.3 is 0 Å². The van der Waals surface area contributed by atoms with Crippen molar-refractivity contribution >= 4 is 11.4 Å². The van der Waals surface area contributed by atoms with Gasteiger partial charge in [0.05, 0.1) is 17.6 Å². The Morgan fingerprint density at radius 1 is 0.850 bits per heavy atom. The summed E-state index contributed by atoms with van der Waals surface area (Å²) in [7, 11) is 0. The highest BCUT2D eigenvalue weighted by Crippen LogP contribution is 2.19. The SMILES string of the molecule is NCc1ccc(N2CCN(c3ccccc3)CC2)cn1. The van der Waals surface area contributed by atoms with Crippen LogP contribution in [-0.2, 0) is 6.54 Å². The lowest BCUT2D eigenvalue weighted by molar-refractivity contribution is 0.652. The zero-order valence-electron chi connectivity index (χ0n) is 11.6. The van der Waals surface area contributed by atoms with E-state index in [-0.39, 0.29) is 0 Å². The van der Waals surface area contributed by atoms with Crippen LogP contribution in [0.4, 0.5) is 11.4 Å². The number of pyridine rings is 1. The quantitative estimate of drug-likeness (QED) is 0.923. The number of hydrogen-bond donors (Lipinski definition) is 1. The van der Waals surface area contributed by atoms with Crippen LogP contribution in [0.2, 0.25) is 0 Å². The molecular formula is C16H20N4. The van der Waals surface area contributed by atoms with Gasteiger partial charge < -0.3 is 15.5 Å². The van der Waals surface area contributed by atoms with Gasteiger partial charge in [-0.05, 0) is 24.3 Å². The van der Waals surface area contributed by atoms with Crippen LogP contribution >= 0.6 is 0 Å². The molecule has 1 saturated heterocycles. The van der Waals surface area contributed by atoms with Crippen LogP contribution in [0.3, 0.4) is 0 Å². The van der Waals surface area contributed by atoms with Crippen molar-refractivity contribution in [1.82, 2.24) is 4.98 Å². The van der Waals surface area contributed by atoms with Crippen molar-refractivity contribution in [2.45, 2.75) is 6.54 Å². The first kappa shape index (κ1) is 12.9. The number of nitrogens with two attached hydrogens (primary N) is 1. The van der Waals surface area contributed by atoms with Gasteiger partial charge in [0.15, 0.2) is 0 Å². The molecule has 2 heterocycles. The highest BCUT2D eigenvalue weighted by Gasteiger charge is 2.17. The Balaban J connectivity index is 1.63. The Morgan fingerprint density at radius 3 is 2.05 bits per heavy atom. The maximum Gasteiger partial charge on any atom is 0.0554 e. The Bertz CT molecular complexity index is 530. The lowest BCUT2D eigenvalue weighted by atomic mass is 10.2. The summed E-state index contributed by atoms with van der Waals surface area (Å²) in [6.07, 6.45) is 1.93. The van der Waals surface area contributed by atoms with Crippen molar-refractivity contribution < 1.29 is 0 Å². The molecule has 1 fully saturated rings. The van der Waals surface area contributed by atoms with Crippen molar-refractivity contribution in [3.8, 4) is 0 Å². The van der Waals surface area contributed by atoms with Crippen LogP contribution in [0.1, 0.15) is 5.69 Å². The third kappa shape index (κ3) is 2.75. The molecule has 4 nitrogen and oxygen atoms in total. The topological polar surface area (TPSA) is 45.4 Å². The van der Waals surface area contributed by atoms with Crippen molar-refractivity contribution in [2.75, 3.05) is 36.0 Å². The van der Waals surface area contributed by atoms with Crippen LogP contribution in [0.15, 0.2) is 48.7 Å². The third-order valence-corrected chi connectivity index (χ3v) is 3.78. The van der Waals surface area contributed by atoms with Crippen LogP contribution in [0.25, 0.3) is 0 Å². The molecule has 2 aromatic rings. The summed E-state index contributed by atoms with van der Waals surface area (Å²) >= 11 is 0. The Morgan fingerprint density at radius 2 is 1.50 bits per heavy atom. The molecule has 104 valence electrons. The van der Waals surface area contributed by atoms with Gasteiger partial charge in [0.1, 0.15) is 0 Å². The number of benzene rings is 1. The molecule has 0 unspecified atom stereocenters. The monoisotopic (exact) mass is 268 g/mol. The minimum atomic E-state index is 0.502. The third-order valence-electron chi connectivity index (χ3n) is 3.78. The fourth-order valence-corrected chi connectivity index (χ4v) is 2.59. The van der Waals surface area contributed by atoms with E-state index in [0.717, 1.165) is 31.9 Å². The fourth-order valence-electron chi connectivity index (χ4n) is 2.59. The summed E-state index contributed by atoms with van der Waals surface area (Å²) in [6.45, 7) is 4.64. The molecule has 0 spiro atoms. The largest absolute Gasteiger partial charge is 0.368 e. The normalized spacial score (nSPS) is 15.4. The summed E-state index contributed by atoms with van der Waals surface area (Å²) in [5, 5.41) is 0. The van der Waals surface area contributed by atoms with Crippen LogP contribution in [0.5, 0.6) is 0 Å². The van der Waals surface area contributed by atoms with Gasteiger partial charge in [0.2, 0.25) is 0 Å². The lowest BCUT2D eigenvalue weighted by Crippen LogP contribution is -2.46. The number of piperazine rings is 1. The molecule has 0 bridgehead atoms. The zero-order valence-corrected chi connectivity index (χ0v) is 11.6. The van der Waals surface area contributed by atoms with Gasteiger partial charge in [-0.15, -0.1) is 0 Å². The highest BCUT2D eigenvalue weighted by molar-refractivity contribution is 5.50. The predicted octanol–water partition coefficient (Wildman–Crippen LogP) is 1.87. The van der Waals surface area contributed by atoms with E-state index in [1.807, 2.05) is 12.3 Å². The van der Waals surface area contributed by atoms with E-state index in [1.54, 1.807) is 0 Å². The van der Waals surface area contributed by atoms with Crippen LogP contribution in [0, 0.1) is 0 Å². The molecule has 4 heteroatoms. The number of para-hydroxylation sites is 1. The van der Waals surface area contributed by atoms with Crippen molar-refractivity contribution in [3.63, 3.8) is 0 Å². The Kier molecular flexibility index (Phi) is 3.83. The molecule has 1 aliphatic rings. The Labute approximate surface area is 119 Å². The second-order valence-corrected chi connectivity index (χ2v) is 5.02. The van der Waals surface area contributed by atoms with Crippen molar-refractivity contribution in [2.24, 2.45) is 5.73 Å². The van der Waals surface area contributed by atoms with Crippen molar-refractivity contribution in [3.05, 3.63) is 54.4 Å². The molecule has 0 amide bonds. The molecule has 0 atom stereocenters. The molecule has 1 aromatic heterocycles. The summed E-state index contributed by atoms with van der Waals surface area (Å²) in [5.41, 5.74) is 9.02. The van der Waals surface area contributed by atoms with E-state index >= 15 is 0 Å². The highest BCUT2D eigenvalue weighted by atomic mass is 15.3. The van der Waals surface area contributed by atoms with E-state index in [9.17, 15) is 0 Å². The first-order valence-electron chi connectivity index (χ1n) is 7.07. The van der Waals surface area contributed by atoms with Crippen LogP contribution < -0.4 is 15.5 Å². The van der Waals surface area contributed by atoms with Gasteiger partial charge in [-0.3, -0.25) is 4.98 Å². The predicted molar refractivity (Wildman–Crippen MR) is 83.0 cm³/mol. The summed E-state index contributed by atoms with van der Waals surface area (Å²) in [4.78, 5) is 9.18. The first-order chi connectivity index (χ1) is 9.86. The number of aromatic nitrogens is 1. The van der Waals surface area contributed by atoms with E-state index in [2.05, 4.69) is 51.2 Å². The number of nitrogens with zero attached hydrogens (tertiary/aromatic N) is 3. The van der Waals surface area contributed by atoms with Gasteiger partial charge in [0.25, 0.3) is 0 Å².